The Balaban J connectivity index is 2.36. The van der Waals surface area contributed by atoms with Gasteiger partial charge in [0.05, 0.1) is 11.5 Å². The second-order valence-corrected chi connectivity index (χ2v) is 3.77. The molecule has 2 nitrogen and oxygen atoms in total. The molecule has 0 aliphatic heterocycles. The van der Waals surface area contributed by atoms with Crippen LogP contribution in [0.4, 0.5) is 0 Å². The van der Waals surface area contributed by atoms with Crippen LogP contribution in [-0.2, 0) is 4.79 Å². The number of carbonyl (C=O) groups excluding carboxylic acids is 1. The van der Waals surface area contributed by atoms with Crippen LogP contribution >= 0.6 is 0 Å². The Kier molecular flexibility index (Phi) is 1.54. The first-order valence-corrected chi connectivity index (χ1v) is 4.39. The second kappa shape index (κ2) is 2.45. The van der Waals surface area contributed by atoms with Crippen molar-refractivity contribution >= 4 is 5.78 Å². The fourth-order valence-corrected chi connectivity index (χ4v) is 2.37. The SMILES string of the molecule is N#C[C@]12CCC[C@H]1C=CC(=O)C2. The van der Waals surface area contributed by atoms with Crippen LogP contribution in [0.25, 0.3) is 0 Å². The lowest BCUT2D eigenvalue weighted by atomic mass is 9.72. The maximum atomic E-state index is 11.1. The Hall–Kier alpha value is -1.10. The number of nitriles is 1. The van der Waals surface area contributed by atoms with E-state index in [4.69, 9.17) is 5.26 Å². The molecule has 2 heteroatoms. The van der Waals surface area contributed by atoms with E-state index < -0.39 is 0 Å². The van der Waals surface area contributed by atoms with Crippen molar-refractivity contribution in [3.63, 3.8) is 0 Å². The number of fused-ring (bicyclic) bond motifs is 1. The van der Waals surface area contributed by atoms with Crippen LogP contribution in [0.3, 0.4) is 0 Å². The van der Waals surface area contributed by atoms with E-state index in [-0.39, 0.29) is 11.2 Å². The molecule has 2 rings (SSSR count). The molecule has 0 bridgehead atoms. The average Bonchev–Trinajstić information content (AvgIpc) is 2.47. The van der Waals surface area contributed by atoms with Gasteiger partial charge >= 0.3 is 0 Å². The van der Waals surface area contributed by atoms with Gasteiger partial charge in [-0.3, -0.25) is 4.79 Å². The van der Waals surface area contributed by atoms with Gasteiger partial charge in [0.25, 0.3) is 0 Å². The van der Waals surface area contributed by atoms with E-state index in [1.165, 1.54) is 0 Å². The zero-order valence-corrected chi connectivity index (χ0v) is 6.92. The molecule has 0 aromatic rings. The maximum absolute atomic E-state index is 11.1. The molecule has 0 heterocycles. The molecule has 0 aromatic heterocycles. The fourth-order valence-electron chi connectivity index (χ4n) is 2.37. The van der Waals surface area contributed by atoms with E-state index in [2.05, 4.69) is 6.07 Å². The zero-order valence-electron chi connectivity index (χ0n) is 6.92. The quantitative estimate of drug-likeness (QED) is 0.543. The van der Waals surface area contributed by atoms with Crippen molar-refractivity contribution in [1.82, 2.24) is 0 Å². The second-order valence-electron chi connectivity index (χ2n) is 3.77. The molecule has 0 unspecified atom stereocenters. The normalized spacial score (nSPS) is 39.2. The third-order valence-corrected chi connectivity index (χ3v) is 3.07. The predicted octanol–water partition coefficient (Wildman–Crippen LogP) is 1.83. The summed E-state index contributed by atoms with van der Waals surface area (Å²) < 4.78 is 0. The molecule has 0 N–H and O–H groups in total. The Morgan fingerprint density at radius 1 is 1.67 bits per heavy atom. The van der Waals surface area contributed by atoms with E-state index in [0.717, 1.165) is 19.3 Å². The van der Waals surface area contributed by atoms with Gasteiger partial charge in [0, 0.05) is 6.42 Å². The molecule has 2 aliphatic carbocycles. The third-order valence-electron chi connectivity index (χ3n) is 3.07. The summed E-state index contributed by atoms with van der Waals surface area (Å²) in [7, 11) is 0. The minimum absolute atomic E-state index is 0.120. The fraction of sp³-hybridized carbons (Fsp3) is 0.600. The topological polar surface area (TPSA) is 40.9 Å². The Morgan fingerprint density at radius 3 is 3.25 bits per heavy atom. The largest absolute Gasteiger partial charge is 0.295 e. The van der Waals surface area contributed by atoms with Gasteiger partial charge in [0.2, 0.25) is 0 Å². The van der Waals surface area contributed by atoms with Gasteiger partial charge in [-0.25, -0.2) is 0 Å². The van der Waals surface area contributed by atoms with E-state index >= 15 is 0 Å². The maximum Gasteiger partial charge on any atom is 0.156 e. The molecule has 1 fully saturated rings. The molecule has 2 atom stereocenters. The summed E-state index contributed by atoms with van der Waals surface area (Å²) in [5.74, 6) is 0.468. The van der Waals surface area contributed by atoms with Crippen LogP contribution in [-0.4, -0.2) is 5.78 Å². The van der Waals surface area contributed by atoms with Gasteiger partial charge < -0.3 is 0 Å². The molecule has 0 radical (unpaired) electrons. The average molecular weight is 161 g/mol. The molecule has 2 aliphatic rings. The van der Waals surface area contributed by atoms with Crippen molar-refractivity contribution < 1.29 is 4.79 Å². The predicted molar refractivity (Wildman–Crippen MR) is 44.2 cm³/mol. The van der Waals surface area contributed by atoms with Gasteiger partial charge in [0.15, 0.2) is 5.78 Å². The lowest BCUT2D eigenvalue weighted by Gasteiger charge is -2.28. The first kappa shape index (κ1) is 7.54. The van der Waals surface area contributed by atoms with Gasteiger partial charge in [-0.15, -0.1) is 0 Å². The van der Waals surface area contributed by atoms with E-state index in [1.54, 1.807) is 6.08 Å². The molecule has 62 valence electrons. The monoisotopic (exact) mass is 161 g/mol. The van der Waals surface area contributed by atoms with Crippen molar-refractivity contribution in [3.8, 4) is 6.07 Å². The summed E-state index contributed by atoms with van der Waals surface area (Å²) in [4.78, 5) is 11.1. The molecule has 1 saturated carbocycles. The van der Waals surface area contributed by atoms with Gasteiger partial charge in [-0.2, -0.15) is 5.26 Å². The highest BCUT2D eigenvalue weighted by molar-refractivity contribution is 5.91. The van der Waals surface area contributed by atoms with E-state index in [0.29, 0.717) is 12.3 Å². The Labute approximate surface area is 71.9 Å². The summed E-state index contributed by atoms with van der Waals surface area (Å²) in [6.07, 6.45) is 7.11. The number of rotatable bonds is 0. The van der Waals surface area contributed by atoms with Gasteiger partial charge in [-0.1, -0.05) is 12.5 Å². The van der Waals surface area contributed by atoms with Crippen molar-refractivity contribution in [1.29, 1.82) is 5.26 Å². The van der Waals surface area contributed by atoms with Crippen molar-refractivity contribution in [2.24, 2.45) is 11.3 Å². The van der Waals surface area contributed by atoms with E-state index in [1.807, 2.05) is 6.08 Å². The lowest BCUT2D eigenvalue weighted by Crippen LogP contribution is -2.28. The number of nitrogens with zero attached hydrogens (tertiary/aromatic N) is 1. The molecule has 0 aromatic carbocycles. The highest BCUT2D eigenvalue weighted by Gasteiger charge is 2.44. The molecule has 12 heavy (non-hydrogen) atoms. The van der Waals surface area contributed by atoms with Gasteiger partial charge in [0.1, 0.15) is 0 Å². The summed E-state index contributed by atoms with van der Waals surface area (Å²) in [6.45, 7) is 0. The van der Waals surface area contributed by atoms with Crippen LogP contribution in [0.1, 0.15) is 25.7 Å². The minimum Gasteiger partial charge on any atom is -0.295 e. The van der Waals surface area contributed by atoms with Crippen LogP contribution in [0, 0.1) is 22.7 Å². The number of carbonyl (C=O) groups is 1. The van der Waals surface area contributed by atoms with Crippen LogP contribution in [0.15, 0.2) is 12.2 Å². The van der Waals surface area contributed by atoms with E-state index in [9.17, 15) is 4.79 Å². The summed E-state index contributed by atoms with van der Waals surface area (Å²) in [6, 6.07) is 2.34. The van der Waals surface area contributed by atoms with Gasteiger partial charge in [-0.05, 0) is 24.8 Å². The van der Waals surface area contributed by atoms with Crippen LogP contribution in [0.5, 0.6) is 0 Å². The van der Waals surface area contributed by atoms with Crippen LogP contribution in [0.2, 0.25) is 0 Å². The number of hydrogen-bond donors (Lipinski definition) is 0. The highest BCUT2D eigenvalue weighted by Crippen LogP contribution is 2.48. The third kappa shape index (κ3) is 0.896. The minimum atomic E-state index is -0.328. The summed E-state index contributed by atoms with van der Waals surface area (Å²) >= 11 is 0. The molecule has 0 amide bonds. The Bertz CT molecular complexity index is 287. The Morgan fingerprint density at radius 2 is 2.50 bits per heavy atom. The van der Waals surface area contributed by atoms with Crippen molar-refractivity contribution in [2.45, 2.75) is 25.7 Å². The van der Waals surface area contributed by atoms with Crippen LogP contribution < -0.4 is 0 Å². The molecular formula is C10H11NO. The standard InChI is InChI=1S/C10H11NO/c11-7-10-5-1-2-8(10)3-4-9(12)6-10/h3-4,8H,1-2,5-6H2/t8-,10+/m0/s1. The first-order chi connectivity index (χ1) is 5.77. The number of allylic oxidation sites excluding steroid dienone is 2. The molecule has 0 saturated heterocycles. The molecular weight excluding hydrogens is 150 g/mol. The highest BCUT2D eigenvalue weighted by atomic mass is 16.1. The number of ketones is 1. The number of hydrogen-bond acceptors (Lipinski definition) is 2. The van der Waals surface area contributed by atoms with Crippen molar-refractivity contribution in [3.05, 3.63) is 12.2 Å². The first-order valence-electron chi connectivity index (χ1n) is 4.39. The van der Waals surface area contributed by atoms with Crippen molar-refractivity contribution in [2.75, 3.05) is 0 Å². The smallest absolute Gasteiger partial charge is 0.156 e. The zero-order chi connectivity index (χ0) is 8.60. The summed E-state index contributed by atoms with van der Waals surface area (Å²) in [5.41, 5.74) is -0.328. The summed E-state index contributed by atoms with van der Waals surface area (Å²) in [5, 5.41) is 9.03. The molecule has 0 spiro atoms. The lowest BCUT2D eigenvalue weighted by molar-refractivity contribution is -0.117.